The second-order valence-electron chi connectivity index (χ2n) is 5.37. The van der Waals surface area contributed by atoms with Gasteiger partial charge in [0.25, 0.3) is 0 Å². The maximum absolute atomic E-state index is 10.3. The van der Waals surface area contributed by atoms with Gasteiger partial charge in [-0.1, -0.05) is 63.3 Å². The highest BCUT2D eigenvalue weighted by atomic mass is 16.5. The number of carbonyl (C=O) groups is 1. The Morgan fingerprint density at radius 1 is 0.800 bits per heavy atom. The SMILES string of the molecule is [13CH3][13CH2][13CH2][13CH2][13CH2]/[13CH]=[13CH]\[13CH2]/[13CH]=[13CH]\[13CH2][13CH2][13CH2][13CH2][13CH2][13CH2][13CH2][13C](=O)O. The molecule has 2 heteroatoms. The lowest BCUT2D eigenvalue weighted by molar-refractivity contribution is -0.137. The van der Waals surface area contributed by atoms with E-state index in [9.17, 15) is 4.79 Å². The van der Waals surface area contributed by atoms with Crippen LogP contribution >= 0.6 is 0 Å². The first-order valence-electron chi connectivity index (χ1n) is 8.29. The second-order valence-corrected chi connectivity index (χ2v) is 5.37. The van der Waals surface area contributed by atoms with Crippen LogP contribution in [0.5, 0.6) is 0 Å². The average Bonchev–Trinajstić information content (AvgIpc) is 2.43. The van der Waals surface area contributed by atoms with Gasteiger partial charge in [0.15, 0.2) is 0 Å². The zero-order valence-corrected chi connectivity index (χ0v) is 13.2. The van der Waals surface area contributed by atoms with E-state index in [0.717, 1.165) is 25.7 Å². The predicted octanol–water partition coefficient (Wildman–Crippen LogP) is 5.88. The molecule has 2 nitrogen and oxygen atoms in total. The van der Waals surface area contributed by atoms with Crippen molar-refractivity contribution < 1.29 is 9.90 Å². The summed E-state index contributed by atoms with van der Waals surface area (Å²) in [5.41, 5.74) is 0. The molecule has 0 aliphatic heterocycles. The third-order valence-electron chi connectivity index (χ3n) is 3.34. The van der Waals surface area contributed by atoms with E-state index >= 15 is 0 Å². The number of carboxylic acid groups (broad SMARTS) is 1. The molecule has 0 aromatic heterocycles. The van der Waals surface area contributed by atoms with Gasteiger partial charge in [-0.3, -0.25) is 4.79 Å². The summed E-state index contributed by atoms with van der Waals surface area (Å²) in [4.78, 5) is 10.3. The Kier molecular flexibility index (Phi) is 15.2. The van der Waals surface area contributed by atoms with Gasteiger partial charge in [0.05, 0.1) is 0 Å². The van der Waals surface area contributed by atoms with Crippen molar-refractivity contribution in [2.75, 3.05) is 0 Å². The third kappa shape index (κ3) is 16.9. The number of unbranched alkanes of at least 4 members (excludes halogenated alkanes) is 8. The second kappa shape index (κ2) is 16.0. The number of carboxylic acids is 1. The zero-order chi connectivity index (χ0) is 14.9. The standard InChI is InChI=1S/C18H32O2/c1-2-3-4-5-6-7-8-9-10-11-12-13-14-15-16-17-18(19)20/h6-7,9-10H,2-5,8,11-17H2,1H3,(H,19,20)/b7-6-,10-9-/i1+1,2+1,3+1,4+1,5+1,6+1,7+1,8+1,9+1,10+1,11+1,12+1,13+1,14+1,15+1,16+1,17+1,18+1. The Morgan fingerprint density at radius 3 is 1.95 bits per heavy atom. The fraction of sp³-hybridized carbons (Fsp3) is 0.722. The Morgan fingerprint density at radius 2 is 1.35 bits per heavy atom. The van der Waals surface area contributed by atoms with E-state index in [1.54, 1.807) is 0 Å². The van der Waals surface area contributed by atoms with Crippen LogP contribution in [-0.2, 0) is 4.79 Å². The van der Waals surface area contributed by atoms with E-state index in [-0.39, 0.29) is 0 Å². The number of hydrogen-bond donors (Lipinski definition) is 1. The topological polar surface area (TPSA) is 37.3 Å². The van der Waals surface area contributed by atoms with Crippen LogP contribution in [0.4, 0.5) is 0 Å². The van der Waals surface area contributed by atoms with Gasteiger partial charge >= 0.3 is 5.97 Å². The Balaban J connectivity index is 3.17. The number of aliphatic carboxylic acids is 1. The Hall–Kier alpha value is -1.05. The van der Waals surface area contributed by atoms with Gasteiger partial charge in [0.1, 0.15) is 0 Å². The first-order chi connectivity index (χ1) is 9.77. The van der Waals surface area contributed by atoms with E-state index in [0.29, 0.717) is 6.42 Å². The Labute approximate surface area is 125 Å². The summed E-state index contributed by atoms with van der Waals surface area (Å²) in [5.74, 6) is -0.671. The van der Waals surface area contributed by atoms with Gasteiger partial charge in [-0.05, 0) is 38.5 Å². The molecule has 20 heavy (non-hydrogen) atoms. The summed E-state index contributed by atoms with van der Waals surface area (Å²) in [6, 6.07) is 0. The molecule has 0 unspecified atom stereocenters. The fourth-order valence-corrected chi connectivity index (χ4v) is 2.09. The predicted molar refractivity (Wildman–Crippen MR) is 87.0 cm³/mol. The quantitative estimate of drug-likeness (QED) is 0.247. The molecule has 0 aliphatic rings. The van der Waals surface area contributed by atoms with Crippen LogP contribution in [0.1, 0.15) is 84.0 Å². The van der Waals surface area contributed by atoms with Crippen LogP contribution in [0.2, 0.25) is 0 Å². The minimum absolute atomic E-state index is 0.324. The first-order valence-corrected chi connectivity index (χ1v) is 8.29. The summed E-state index contributed by atoms with van der Waals surface area (Å²) in [6.45, 7) is 2.23. The molecule has 1 N–H and O–H groups in total. The van der Waals surface area contributed by atoms with Crippen molar-refractivity contribution in [3.05, 3.63) is 24.3 Å². The van der Waals surface area contributed by atoms with Gasteiger partial charge in [0.2, 0.25) is 0 Å². The molecular weight excluding hydrogens is 266 g/mol. The summed E-state index contributed by atoms with van der Waals surface area (Å²) in [7, 11) is 0. The van der Waals surface area contributed by atoms with Crippen LogP contribution in [-0.4, -0.2) is 11.1 Å². The molecule has 0 amide bonds. The zero-order valence-electron chi connectivity index (χ0n) is 13.2. The maximum atomic E-state index is 10.3. The number of hydrogen-bond acceptors (Lipinski definition) is 1. The maximum Gasteiger partial charge on any atom is 0.303 e. The highest BCUT2D eigenvalue weighted by Gasteiger charge is 1.95. The highest BCUT2D eigenvalue weighted by Crippen LogP contribution is 2.08. The van der Waals surface area contributed by atoms with Gasteiger partial charge < -0.3 is 5.11 Å². The minimum atomic E-state index is -0.671. The number of rotatable bonds is 14. The van der Waals surface area contributed by atoms with E-state index in [1.807, 2.05) is 0 Å². The van der Waals surface area contributed by atoms with Crippen molar-refractivity contribution >= 4 is 5.97 Å². The molecule has 116 valence electrons. The molecule has 0 aliphatic carbocycles. The molecule has 0 aromatic carbocycles. The van der Waals surface area contributed by atoms with Crippen molar-refractivity contribution in [2.24, 2.45) is 0 Å². The molecule has 0 aromatic rings. The molecular formula is C18H32O2. The fourth-order valence-electron chi connectivity index (χ4n) is 2.09. The van der Waals surface area contributed by atoms with Gasteiger partial charge in [0, 0.05) is 6.42 Å². The van der Waals surface area contributed by atoms with Crippen LogP contribution in [0.15, 0.2) is 24.3 Å². The number of allylic oxidation sites excluding steroid dienone is 4. The smallest absolute Gasteiger partial charge is 0.303 e. The van der Waals surface area contributed by atoms with Gasteiger partial charge in [-0.25, -0.2) is 0 Å². The van der Waals surface area contributed by atoms with Gasteiger partial charge in [-0.15, -0.1) is 0 Å². The summed E-state index contributed by atoms with van der Waals surface area (Å²) in [6.07, 6.45) is 22.3. The monoisotopic (exact) mass is 298 g/mol. The third-order valence-corrected chi connectivity index (χ3v) is 3.34. The Bertz CT molecular complexity index is 267. The molecule has 0 fully saturated rings. The summed E-state index contributed by atoms with van der Waals surface area (Å²) < 4.78 is 0. The van der Waals surface area contributed by atoms with Crippen LogP contribution < -0.4 is 0 Å². The van der Waals surface area contributed by atoms with Gasteiger partial charge in [-0.2, -0.15) is 0 Å². The van der Waals surface area contributed by atoms with Crippen molar-refractivity contribution in [1.82, 2.24) is 0 Å². The molecule has 0 saturated heterocycles. The van der Waals surface area contributed by atoms with E-state index in [2.05, 4.69) is 31.2 Å². The molecule has 0 bridgehead atoms. The molecule has 0 radical (unpaired) electrons. The molecule has 0 heterocycles. The normalized spacial score (nSPS) is 11.7. The van der Waals surface area contributed by atoms with Crippen LogP contribution in [0, 0.1) is 0 Å². The van der Waals surface area contributed by atoms with Crippen molar-refractivity contribution in [3.8, 4) is 0 Å². The van der Waals surface area contributed by atoms with E-state index < -0.39 is 5.97 Å². The minimum Gasteiger partial charge on any atom is -0.481 e. The van der Waals surface area contributed by atoms with E-state index in [1.165, 1.54) is 44.9 Å². The lowest BCUT2D eigenvalue weighted by Crippen LogP contribution is -1.93. The first kappa shape index (κ1) is 18.9. The molecule has 0 saturated carbocycles. The van der Waals surface area contributed by atoms with Crippen molar-refractivity contribution in [3.63, 3.8) is 0 Å². The largest absolute Gasteiger partial charge is 0.481 e. The highest BCUT2D eigenvalue weighted by molar-refractivity contribution is 5.66. The molecule has 0 atom stereocenters. The molecule has 0 spiro atoms. The van der Waals surface area contributed by atoms with Crippen molar-refractivity contribution in [2.45, 2.75) is 84.0 Å². The average molecular weight is 298 g/mol. The summed E-state index contributed by atoms with van der Waals surface area (Å²) in [5, 5.41) is 8.50. The lowest BCUT2D eigenvalue weighted by atomic mass is 11.1. The summed E-state index contributed by atoms with van der Waals surface area (Å²) >= 11 is 0. The van der Waals surface area contributed by atoms with Crippen molar-refractivity contribution in [1.29, 1.82) is 0 Å². The van der Waals surface area contributed by atoms with Crippen LogP contribution in [0.25, 0.3) is 0 Å². The van der Waals surface area contributed by atoms with Crippen LogP contribution in [0.3, 0.4) is 0 Å². The van der Waals surface area contributed by atoms with E-state index in [4.69, 9.17) is 5.11 Å². The molecule has 0 rings (SSSR count). The lowest BCUT2D eigenvalue weighted by Gasteiger charge is -1.98.